The van der Waals surface area contributed by atoms with Crippen LogP contribution in [-0.2, 0) is 10.2 Å². The molecule has 1 fully saturated rings. The topological polar surface area (TPSA) is 94.2 Å². The second-order valence-corrected chi connectivity index (χ2v) is 11.8. The Bertz CT molecular complexity index is 1900. The van der Waals surface area contributed by atoms with Crippen LogP contribution in [0.3, 0.4) is 0 Å². The van der Waals surface area contributed by atoms with Crippen LogP contribution in [0.5, 0.6) is 17.2 Å². The minimum Gasteiger partial charge on any atom is -0.494 e. The van der Waals surface area contributed by atoms with Crippen molar-refractivity contribution in [1.29, 1.82) is 0 Å². The zero-order chi connectivity index (χ0) is 30.7. The molecule has 4 aromatic rings. The maximum atomic E-state index is 15.0. The lowest BCUT2D eigenvalue weighted by Crippen LogP contribution is -2.49. The first-order valence-corrected chi connectivity index (χ1v) is 15.2. The van der Waals surface area contributed by atoms with Crippen molar-refractivity contribution in [2.45, 2.75) is 30.8 Å². The number of hydrogen-bond acceptors (Lipinski definition) is 7. The molecule has 0 aliphatic carbocycles. The first-order chi connectivity index (χ1) is 22.0. The van der Waals surface area contributed by atoms with Gasteiger partial charge in [-0.25, -0.2) is 0 Å². The number of nitrogens with one attached hydrogen (secondary N) is 1. The summed E-state index contributed by atoms with van der Waals surface area (Å²) in [6.07, 6.45) is 4.67. The molecule has 8 rings (SSSR count). The van der Waals surface area contributed by atoms with Gasteiger partial charge in [0, 0.05) is 23.0 Å². The summed E-state index contributed by atoms with van der Waals surface area (Å²) in [5.41, 5.74) is 2.55. The largest absolute Gasteiger partial charge is 0.494 e. The van der Waals surface area contributed by atoms with E-state index in [1.54, 1.807) is 42.5 Å². The number of nitrogens with zero attached hydrogens (tertiary/aromatic N) is 1. The Balaban J connectivity index is 1.35. The summed E-state index contributed by atoms with van der Waals surface area (Å²) in [4.78, 5) is 46.4. The Morgan fingerprint density at radius 1 is 0.911 bits per heavy atom. The van der Waals surface area contributed by atoms with Crippen molar-refractivity contribution >= 4 is 29.2 Å². The van der Waals surface area contributed by atoms with Gasteiger partial charge < -0.3 is 24.4 Å². The lowest BCUT2D eigenvalue weighted by atomic mass is 9.62. The molecule has 1 amide bonds. The molecule has 1 saturated heterocycles. The van der Waals surface area contributed by atoms with Gasteiger partial charge >= 0.3 is 0 Å². The molecular weight excluding hydrogens is 568 g/mol. The standard InChI is InChI=1S/C37H30N2O6/c1-2-19-43-25-14-11-23(12-15-25)33(40)31-32(34(41)24-13-16-29-30(20-24)45-21-44-29)39-18-17-22-7-3-4-8-26(22)35(39)37(31)27-9-5-6-10-28(27)38-36(37)42/h3-18,20,31-32,35H,2,19,21H2,1H3,(H,38,42)/t31-,32+,35+,37-/m0/s1. The summed E-state index contributed by atoms with van der Waals surface area (Å²) >= 11 is 0. The highest BCUT2D eigenvalue weighted by molar-refractivity contribution is 6.16. The van der Waals surface area contributed by atoms with Crippen LogP contribution >= 0.6 is 0 Å². The molecule has 0 radical (unpaired) electrons. The molecule has 0 unspecified atom stereocenters. The summed E-state index contributed by atoms with van der Waals surface area (Å²) in [5.74, 6) is -0.254. The van der Waals surface area contributed by atoms with Gasteiger partial charge in [-0.3, -0.25) is 14.4 Å². The van der Waals surface area contributed by atoms with E-state index in [0.717, 1.165) is 17.5 Å². The second-order valence-electron chi connectivity index (χ2n) is 11.8. The van der Waals surface area contributed by atoms with E-state index >= 15 is 4.79 Å². The van der Waals surface area contributed by atoms with Crippen molar-refractivity contribution < 1.29 is 28.6 Å². The summed E-state index contributed by atoms with van der Waals surface area (Å²) in [5, 5.41) is 3.09. The number of Topliss-reactive ketones (excluding diaryl/α,β-unsaturated/α-hetero) is 2. The van der Waals surface area contributed by atoms with Crippen molar-refractivity contribution in [2.24, 2.45) is 5.92 Å². The predicted octanol–water partition coefficient (Wildman–Crippen LogP) is 6.19. The van der Waals surface area contributed by atoms with Gasteiger partial charge in [-0.1, -0.05) is 49.4 Å². The fourth-order valence-corrected chi connectivity index (χ4v) is 7.50. The minimum atomic E-state index is -1.40. The lowest BCUT2D eigenvalue weighted by molar-refractivity contribution is -0.122. The number of para-hydroxylation sites is 1. The average molecular weight is 599 g/mol. The van der Waals surface area contributed by atoms with Crippen LogP contribution in [-0.4, -0.2) is 41.8 Å². The summed E-state index contributed by atoms with van der Waals surface area (Å²) in [7, 11) is 0. The van der Waals surface area contributed by atoms with Gasteiger partial charge in [0.1, 0.15) is 17.2 Å². The minimum absolute atomic E-state index is 0.0727. The predicted molar refractivity (Wildman–Crippen MR) is 168 cm³/mol. The third-order valence-corrected chi connectivity index (χ3v) is 9.39. The van der Waals surface area contributed by atoms with Gasteiger partial charge in [0.25, 0.3) is 0 Å². The number of carbonyl (C=O) groups is 3. The molecule has 0 aromatic heterocycles. The molecule has 8 nitrogen and oxygen atoms in total. The quantitative estimate of drug-likeness (QED) is 0.254. The normalized spacial score (nSPS) is 23.4. The Labute approximate surface area is 260 Å². The maximum Gasteiger partial charge on any atom is 0.238 e. The Morgan fingerprint density at radius 3 is 2.51 bits per heavy atom. The number of ether oxygens (including phenoxy) is 3. The first kappa shape index (κ1) is 27.2. The van der Waals surface area contributed by atoms with Gasteiger partial charge in [0.15, 0.2) is 23.1 Å². The number of benzene rings is 4. The van der Waals surface area contributed by atoms with E-state index in [4.69, 9.17) is 14.2 Å². The number of amides is 1. The van der Waals surface area contributed by atoms with Crippen molar-refractivity contribution in [3.63, 3.8) is 0 Å². The number of fused-ring (bicyclic) bond motifs is 7. The van der Waals surface area contributed by atoms with Gasteiger partial charge in [0.2, 0.25) is 12.7 Å². The van der Waals surface area contributed by atoms with Crippen LogP contribution in [0.25, 0.3) is 6.08 Å². The fourth-order valence-electron chi connectivity index (χ4n) is 7.50. The van der Waals surface area contributed by atoms with E-state index in [0.29, 0.717) is 46.2 Å². The van der Waals surface area contributed by atoms with Crippen LogP contribution in [0.4, 0.5) is 5.69 Å². The number of hydrogen-bond donors (Lipinski definition) is 1. The van der Waals surface area contributed by atoms with Crippen LogP contribution in [0.1, 0.15) is 56.8 Å². The molecule has 4 aromatic carbocycles. The first-order valence-electron chi connectivity index (χ1n) is 15.2. The molecule has 1 N–H and O–H groups in total. The van der Waals surface area contributed by atoms with Crippen LogP contribution < -0.4 is 19.5 Å². The number of rotatable bonds is 7. The van der Waals surface area contributed by atoms with Crippen LogP contribution in [0, 0.1) is 5.92 Å². The van der Waals surface area contributed by atoms with Crippen molar-refractivity contribution in [2.75, 3.05) is 18.7 Å². The third-order valence-electron chi connectivity index (χ3n) is 9.39. The van der Waals surface area contributed by atoms with Crippen LogP contribution in [0.15, 0.2) is 97.2 Å². The maximum absolute atomic E-state index is 15.0. The van der Waals surface area contributed by atoms with E-state index < -0.39 is 23.4 Å². The zero-order valence-electron chi connectivity index (χ0n) is 24.6. The van der Waals surface area contributed by atoms with Gasteiger partial charge in [-0.2, -0.15) is 0 Å². The Kier molecular flexibility index (Phi) is 6.27. The van der Waals surface area contributed by atoms with Crippen molar-refractivity contribution in [1.82, 2.24) is 4.90 Å². The molecule has 1 spiro atoms. The number of carbonyl (C=O) groups excluding carboxylic acids is 3. The van der Waals surface area contributed by atoms with E-state index in [9.17, 15) is 9.59 Å². The van der Waals surface area contributed by atoms with E-state index in [-0.39, 0.29) is 24.3 Å². The molecule has 4 atom stereocenters. The SMILES string of the molecule is CCCOc1ccc(C(=O)[C@@H]2[C@H](C(=O)c3ccc4c(c3)OCO4)N3C=Cc4ccccc4[C@@H]3[C@@]23C(=O)Nc2ccccc23)cc1. The second kappa shape index (κ2) is 10.4. The van der Waals surface area contributed by atoms with Crippen LogP contribution in [0.2, 0.25) is 0 Å². The monoisotopic (exact) mass is 598 g/mol. The third kappa shape index (κ3) is 3.94. The lowest BCUT2D eigenvalue weighted by Gasteiger charge is -2.38. The molecule has 0 bridgehead atoms. The van der Waals surface area contributed by atoms with Gasteiger partial charge in [-0.15, -0.1) is 0 Å². The average Bonchev–Trinajstić information content (AvgIpc) is 3.76. The van der Waals surface area contributed by atoms with E-state index in [1.807, 2.05) is 72.6 Å². The Morgan fingerprint density at radius 2 is 1.67 bits per heavy atom. The number of ketones is 2. The molecule has 8 heteroatoms. The molecule has 224 valence electrons. The molecule has 4 aliphatic rings. The fraction of sp³-hybridized carbons (Fsp3) is 0.216. The highest BCUT2D eigenvalue weighted by Crippen LogP contribution is 2.62. The Hall–Kier alpha value is -5.37. The highest BCUT2D eigenvalue weighted by atomic mass is 16.7. The van der Waals surface area contributed by atoms with Crippen molar-refractivity contribution in [3.05, 3.63) is 125 Å². The summed E-state index contributed by atoms with van der Waals surface area (Å²) < 4.78 is 16.9. The highest BCUT2D eigenvalue weighted by Gasteiger charge is 2.70. The smallest absolute Gasteiger partial charge is 0.238 e. The molecule has 0 saturated carbocycles. The molecule has 4 aliphatic heterocycles. The van der Waals surface area contributed by atoms with Crippen molar-refractivity contribution in [3.8, 4) is 17.2 Å². The molecule has 4 heterocycles. The van der Waals surface area contributed by atoms with E-state index in [1.165, 1.54) is 0 Å². The molecular formula is C37H30N2O6. The van der Waals surface area contributed by atoms with Gasteiger partial charge in [0.05, 0.1) is 18.6 Å². The summed E-state index contributed by atoms with van der Waals surface area (Å²) in [6, 6.07) is 25.8. The summed E-state index contributed by atoms with van der Waals surface area (Å²) in [6.45, 7) is 2.66. The molecule has 45 heavy (non-hydrogen) atoms. The zero-order valence-corrected chi connectivity index (χ0v) is 24.6. The van der Waals surface area contributed by atoms with Gasteiger partial charge in [-0.05, 0) is 77.7 Å². The number of anilines is 1. The van der Waals surface area contributed by atoms with E-state index in [2.05, 4.69) is 5.32 Å².